The fourth-order valence-corrected chi connectivity index (χ4v) is 2.67. The Bertz CT molecular complexity index is 872. The second kappa shape index (κ2) is 3.64. The van der Waals surface area contributed by atoms with E-state index in [1.54, 1.807) is 12.3 Å². The van der Waals surface area contributed by atoms with Crippen LogP contribution in [0.5, 0.6) is 0 Å². The molecule has 0 saturated heterocycles. The maximum atomic E-state index is 11.3. The number of sulfonamides is 1. The van der Waals surface area contributed by atoms with Gasteiger partial charge in [-0.25, -0.2) is 27.6 Å². The van der Waals surface area contributed by atoms with Gasteiger partial charge in [-0.1, -0.05) is 0 Å². The molecule has 0 atom stereocenters. The number of fused-ring (bicyclic) bond motifs is 3. The van der Waals surface area contributed by atoms with E-state index in [0.717, 1.165) is 0 Å². The van der Waals surface area contributed by atoms with Gasteiger partial charge in [0.05, 0.1) is 16.6 Å². The Morgan fingerprint density at radius 2 is 2.06 bits per heavy atom. The SMILES string of the molecule is NS(=O)(=O)c1ccc2c(c1)c1ncncc1n2Cl. The lowest BCUT2D eigenvalue weighted by Crippen LogP contribution is -2.11. The van der Waals surface area contributed by atoms with E-state index >= 15 is 0 Å². The first-order valence-corrected chi connectivity index (χ1v) is 6.80. The van der Waals surface area contributed by atoms with E-state index in [4.69, 9.17) is 16.9 Å². The third kappa shape index (κ3) is 1.56. The summed E-state index contributed by atoms with van der Waals surface area (Å²) in [5.41, 5.74) is 1.85. The van der Waals surface area contributed by atoms with Crippen molar-refractivity contribution in [3.63, 3.8) is 0 Å². The minimum absolute atomic E-state index is 0.0257. The van der Waals surface area contributed by atoms with E-state index in [0.29, 0.717) is 21.9 Å². The molecule has 0 spiro atoms. The zero-order valence-electron chi connectivity index (χ0n) is 8.91. The lowest BCUT2D eigenvalue weighted by molar-refractivity contribution is 0.598. The molecule has 2 heterocycles. The van der Waals surface area contributed by atoms with Gasteiger partial charge in [0.25, 0.3) is 0 Å². The predicted molar refractivity (Wildman–Crippen MR) is 67.7 cm³/mol. The molecule has 0 aliphatic heterocycles. The molecular weight excluding hydrogens is 276 g/mol. The molecule has 2 aromatic heterocycles. The topological polar surface area (TPSA) is 90.9 Å². The number of nitrogens with zero attached hydrogens (tertiary/aromatic N) is 3. The highest BCUT2D eigenvalue weighted by molar-refractivity contribution is 7.89. The molecule has 0 aliphatic rings. The number of nitrogens with two attached hydrogens (primary N) is 1. The summed E-state index contributed by atoms with van der Waals surface area (Å²) >= 11 is 6.11. The fourth-order valence-electron chi connectivity index (χ4n) is 1.86. The standard InChI is InChI=1S/C10H7ClN4O2S/c11-15-8-2-1-6(18(12,16)17)3-7(8)10-9(15)4-13-5-14-10/h1-5H,(H2,12,16,17). The van der Waals surface area contributed by atoms with Gasteiger partial charge in [0.2, 0.25) is 10.0 Å². The average molecular weight is 283 g/mol. The molecule has 0 unspecified atom stereocenters. The molecule has 0 saturated carbocycles. The van der Waals surface area contributed by atoms with Crippen LogP contribution in [-0.4, -0.2) is 22.5 Å². The normalized spacial score (nSPS) is 12.3. The first kappa shape index (κ1) is 11.4. The zero-order chi connectivity index (χ0) is 12.9. The Morgan fingerprint density at radius 1 is 1.28 bits per heavy atom. The van der Waals surface area contributed by atoms with E-state index in [-0.39, 0.29) is 4.90 Å². The van der Waals surface area contributed by atoms with E-state index in [2.05, 4.69) is 9.97 Å². The van der Waals surface area contributed by atoms with Gasteiger partial charge in [0.15, 0.2) is 0 Å². The van der Waals surface area contributed by atoms with E-state index in [1.165, 1.54) is 22.5 Å². The summed E-state index contributed by atoms with van der Waals surface area (Å²) in [7, 11) is -3.75. The maximum absolute atomic E-state index is 11.3. The Hall–Kier alpha value is -1.70. The van der Waals surface area contributed by atoms with Crippen molar-refractivity contribution in [2.45, 2.75) is 4.90 Å². The van der Waals surface area contributed by atoms with E-state index < -0.39 is 10.0 Å². The molecule has 0 radical (unpaired) electrons. The third-order valence-corrected chi connectivity index (χ3v) is 3.94. The predicted octanol–water partition coefficient (Wildman–Crippen LogP) is 1.23. The Morgan fingerprint density at radius 3 is 2.78 bits per heavy atom. The van der Waals surface area contributed by atoms with E-state index in [1.807, 2.05) is 0 Å². The van der Waals surface area contributed by atoms with Gasteiger partial charge in [0, 0.05) is 17.2 Å². The van der Waals surface area contributed by atoms with Gasteiger partial charge in [-0.05, 0) is 18.2 Å². The van der Waals surface area contributed by atoms with Crippen LogP contribution in [0.25, 0.3) is 21.9 Å². The van der Waals surface area contributed by atoms with Crippen molar-refractivity contribution >= 4 is 43.7 Å². The first-order valence-electron chi connectivity index (χ1n) is 4.91. The molecule has 6 nitrogen and oxygen atoms in total. The van der Waals surface area contributed by atoms with Crippen molar-refractivity contribution in [1.82, 2.24) is 14.1 Å². The molecule has 1 aromatic carbocycles. The number of hydrogen-bond donors (Lipinski definition) is 1. The molecule has 3 aromatic rings. The summed E-state index contributed by atoms with van der Waals surface area (Å²) in [6.07, 6.45) is 2.94. The Balaban J connectivity index is 2.51. The Kier molecular flexibility index (Phi) is 2.31. The summed E-state index contributed by atoms with van der Waals surface area (Å²) in [6.45, 7) is 0. The highest BCUT2D eigenvalue weighted by Crippen LogP contribution is 2.29. The summed E-state index contributed by atoms with van der Waals surface area (Å²) in [5.74, 6) is 0. The molecule has 0 fully saturated rings. The first-order chi connectivity index (χ1) is 8.48. The molecule has 0 aliphatic carbocycles. The van der Waals surface area contributed by atoms with Crippen molar-refractivity contribution in [2.75, 3.05) is 0 Å². The molecule has 3 rings (SSSR count). The number of benzene rings is 1. The third-order valence-electron chi connectivity index (χ3n) is 2.67. The second-order valence-electron chi connectivity index (χ2n) is 3.76. The number of primary sulfonamides is 1. The molecule has 0 amide bonds. The maximum Gasteiger partial charge on any atom is 0.238 e. The van der Waals surface area contributed by atoms with Crippen LogP contribution in [-0.2, 0) is 10.0 Å². The highest BCUT2D eigenvalue weighted by Gasteiger charge is 2.14. The largest absolute Gasteiger partial charge is 0.249 e. The second-order valence-corrected chi connectivity index (χ2v) is 5.66. The van der Waals surface area contributed by atoms with Crippen LogP contribution in [0.3, 0.4) is 0 Å². The molecule has 8 heteroatoms. The van der Waals surface area contributed by atoms with Gasteiger partial charge in [-0.2, -0.15) is 0 Å². The van der Waals surface area contributed by atoms with Crippen LogP contribution < -0.4 is 5.14 Å². The minimum atomic E-state index is -3.75. The molecule has 18 heavy (non-hydrogen) atoms. The summed E-state index contributed by atoms with van der Waals surface area (Å²) < 4.78 is 24.0. The number of halogens is 1. The van der Waals surface area contributed by atoms with Crippen molar-refractivity contribution in [2.24, 2.45) is 5.14 Å². The molecular formula is C10H7ClN4O2S. The number of aromatic nitrogens is 3. The van der Waals surface area contributed by atoms with Crippen LogP contribution in [0.4, 0.5) is 0 Å². The van der Waals surface area contributed by atoms with Gasteiger partial charge in [-0.15, -0.1) is 0 Å². The minimum Gasteiger partial charge on any atom is -0.249 e. The van der Waals surface area contributed by atoms with E-state index in [9.17, 15) is 8.42 Å². The van der Waals surface area contributed by atoms with Crippen LogP contribution >= 0.6 is 11.8 Å². The molecule has 92 valence electrons. The number of rotatable bonds is 1. The van der Waals surface area contributed by atoms with Crippen LogP contribution in [0, 0.1) is 0 Å². The zero-order valence-corrected chi connectivity index (χ0v) is 10.5. The Labute approximate surface area is 107 Å². The van der Waals surface area contributed by atoms with Crippen molar-refractivity contribution in [3.05, 3.63) is 30.7 Å². The average Bonchev–Trinajstić information content (AvgIpc) is 2.63. The molecule has 0 bridgehead atoms. The fraction of sp³-hybridized carbons (Fsp3) is 0. The van der Waals surface area contributed by atoms with Gasteiger partial charge in [-0.3, -0.25) is 0 Å². The van der Waals surface area contributed by atoms with Gasteiger partial charge in [0.1, 0.15) is 17.4 Å². The summed E-state index contributed by atoms with van der Waals surface area (Å²) in [6, 6.07) is 4.45. The monoisotopic (exact) mass is 282 g/mol. The number of hydrogen-bond acceptors (Lipinski definition) is 4. The van der Waals surface area contributed by atoms with Crippen molar-refractivity contribution in [3.8, 4) is 0 Å². The quantitative estimate of drug-likeness (QED) is 0.727. The van der Waals surface area contributed by atoms with Crippen LogP contribution in [0.15, 0.2) is 35.6 Å². The van der Waals surface area contributed by atoms with Gasteiger partial charge < -0.3 is 0 Å². The summed E-state index contributed by atoms with van der Waals surface area (Å²) in [5, 5.41) is 5.72. The van der Waals surface area contributed by atoms with Crippen molar-refractivity contribution < 1.29 is 8.42 Å². The molecule has 2 N–H and O–H groups in total. The van der Waals surface area contributed by atoms with Gasteiger partial charge >= 0.3 is 0 Å². The van der Waals surface area contributed by atoms with Crippen molar-refractivity contribution in [1.29, 1.82) is 0 Å². The lowest BCUT2D eigenvalue weighted by atomic mass is 10.2. The lowest BCUT2D eigenvalue weighted by Gasteiger charge is -1.98. The van der Waals surface area contributed by atoms with Crippen LogP contribution in [0.2, 0.25) is 0 Å². The highest BCUT2D eigenvalue weighted by atomic mass is 35.5. The van der Waals surface area contributed by atoms with Crippen LogP contribution in [0.1, 0.15) is 0 Å². The smallest absolute Gasteiger partial charge is 0.238 e. The summed E-state index contributed by atoms with van der Waals surface area (Å²) in [4.78, 5) is 8.01.